The summed E-state index contributed by atoms with van der Waals surface area (Å²) < 4.78 is 1.08. The molecule has 1 amide bonds. The van der Waals surface area contributed by atoms with Crippen molar-refractivity contribution in [2.75, 3.05) is 19.6 Å². The van der Waals surface area contributed by atoms with Gasteiger partial charge in [0.05, 0.1) is 5.41 Å². The Morgan fingerprint density at radius 1 is 1.29 bits per heavy atom. The Morgan fingerprint density at radius 2 is 2.10 bits per heavy atom. The predicted octanol–water partition coefficient (Wildman–Crippen LogP) is 3.36. The second kappa shape index (κ2) is 7.12. The number of rotatable bonds is 2. The number of carbonyl (C=O) groups is 1. The predicted molar refractivity (Wildman–Crippen MR) is 90.6 cm³/mol. The molecule has 1 unspecified atom stereocenters. The van der Waals surface area contributed by atoms with E-state index < -0.39 is 0 Å². The minimum absolute atomic E-state index is 0. The first-order chi connectivity index (χ1) is 9.70. The van der Waals surface area contributed by atoms with E-state index in [0.29, 0.717) is 5.91 Å². The molecule has 1 spiro atoms. The Bertz CT molecular complexity index is 497. The molecule has 0 radical (unpaired) electrons. The summed E-state index contributed by atoms with van der Waals surface area (Å²) in [4.78, 5) is 14.9. The molecule has 2 aliphatic rings. The standard InChI is InChI=1S/C16H21BrN2O.ClH/c17-14-5-1-4-13(10-14)11-19-9-3-7-16(15(19)20)6-2-8-18-12-16;/h1,4-5,10,18H,2-3,6-9,11-12H2;1H. The van der Waals surface area contributed by atoms with Gasteiger partial charge in [-0.25, -0.2) is 0 Å². The van der Waals surface area contributed by atoms with Crippen molar-refractivity contribution >= 4 is 34.2 Å². The van der Waals surface area contributed by atoms with Gasteiger partial charge in [-0.1, -0.05) is 28.1 Å². The van der Waals surface area contributed by atoms with E-state index in [1.54, 1.807) is 0 Å². The maximum Gasteiger partial charge on any atom is 0.230 e. The molecule has 0 aromatic heterocycles. The lowest BCUT2D eigenvalue weighted by atomic mass is 9.73. The number of benzene rings is 1. The number of halogens is 2. The lowest BCUT2D eigenvalue weighted by Crippen LogP contribution is -2.54. The quantitative estimate of drug-likeness (QED) is 0.862. The molecular weight excluding hydrogens is 352 g/mol. The van der Waals surface area contributed by atoms with Crippen LogP contribution in [0.15, 0.2) is 28.7 Å². The number of likely N-dealkylation sites (tertiary alicyclic amines) is 1. The normalized spacial score (nSPS) is 25.8. The van der Waals surface area contributed by atoms with Gasteiger partial charge in [-0.3, -0.25) is 4.79 Å². The van der Waals surface area contributed by atoms with Crippen molar-refractivity contribution in [3.63, 3.8) is 0 Å². The van der Waals surface area contributed by atoms with E-state index in [4.69, 9.17) is 0 Å². The Morgan fingerprint density at radius 3 is 2.81 bits per heavy atom. The van der Waals surface area contributed by atoms with Crippen LogP contribution in [0.1, 0.15) is 31.2 Å². The zero-order valence-electron chi connectivity index (χ0n) is 12.1. The second-order valence-corrected chi connectivity index (χ2v) is 6.94. The van der Waals surface area contributed by atoms with Crippen molar-refractivity contribution in [2.45, 2.75) is 32.2 Å². The molecule has 116 valence electrons. The molecule has 1 aromatic carbocycles. The van der Waals surface area contributed by atoms with Crippen LogP contribution in [-0.2, 0) is 11.3 Å². The fourth-order valence-corrected chi connectivity index (χ4v) is 3.97. The van der Waals surface area contributed by atoms with Crippen LogP contribution in [0.4, 0.5) is 0 Å². The van der Waals surface area contributed by atoms with Crippen molar-refractivity contribution in [3.05, 3.63) is 34.3 Å². The van der Waals surface area contributed by atoms with E-state index in [9.17, 15) is 4.79 Å². The van der Waals surface area contributed by atoms with Crippen molar-refractivity contribution in [1.29, 1.82) is 0 Å². The molecule has 2 fully saturated rings. The fraction of sp³-hybridized carbons (Fsp3) is 0.562. The Labute approximate surface area is 141 Å². The third-order valence-electron chi connectivity index (χ3n) is 4.56. The Balaban J connectivity index is 0.00000161. The van der Waals surface area contributed by atoms with Crippen LogP contribution < -0.4 is 5.32 Å². The topological polar surface area (TPSA) is 32.3 Å². The molecule has 1 atom stereocenters. The van der Waals surface area contributed by atoms with Crippen LogP contribution >= 0.6 is 28.3 Å². The van der Waals surface area contributed by atoms with Gasteiger partial charge in [0.15, 0.2) is 0 Å². The fourth-order valence-electron chi connectivity index (χ4n) is 3.52. The summed E-state index contributed by atoms with van der Waals surface area (Å²) in [7, 11) is 0. The number of hydrogen-bond acceptors (Lipinski definition) is 2. The first-order valence-electron chi connectivity index (χ1n) is 7.44. The van der Waals surface area contributed by atoms with Gasteiger partial charge in [0.25, 0.3) is 0 Å². The van der Waals surface area contributed by atoms with Crippen molar-refractivity contribution < 1.29 is 4.79 Å². The SMILES string of the molecule is Cl.O=C1N(Cc2cccc(Br)c2)CCCC12CCCNC2. The molecule has 0 bridgehead atoms. The average Bonchev–Trinajstić information content (AvgIpc) is 2.45. The van der Waals surface area contributed by atoms with Crippen LogP contribution in [0.25, 0.3) is 0 Å². The first kappa shape index (κ1) is 16.8. The molecule has 2 heterocycles. The van der Waals surface area contributed by atoms with Crippen molar-refractivity contribution in [3.8, 4) is 0 Å². The molecule has 0 aliphatic carbocycles. The minimum Gasteiger partial charge on any atom is -0.338 e. The summed E-state index contributed by atoms with van der Waals surface area (Å²) in [6, 6.07) is 8.26. The zero-order chi connectivity index (χ0) is 14.0. The number of carbonyl (C=O) groups excluding carboxylic acids is 1. The van der Waals surface area contributed by atoms with E-state index in [-0.39, 0.29) is 17.8 Å². The maximum absolute atomic E-state index is 12.9. The lowest BCUT2D eigenvalue weighted by molar-refractivity contribution is -0.148. The minimum atomic E-state index is -0.123. The van der Waals surface area contributed by atoms with E-state index >= 15 is 0 Å². The van der Waals surface area contributed by atoms with E-state index in [0.717, 1.165) is 56.3 Å². The molecule has 1 aromatic rings. The van der Waals surface area contributed by atoms with Gasteiger partial charge in [0.2, 0.25) is 5.91 Å². The monoisotopic (exact) mass is 372 g/mol. The molecule has 2 aliphatic heterocycles. The highest BCUT2D eigenvalue weighted by atomic mass is 79.9. The van der Waals surface area contributed by atoms with Gasteiger partial charge in [-0.05, 0) is 49.9 Å². The Hall–Kier alpha value is -0.580. The molecule has 2 saturated heterocycles. The molecule has 21 heavy (non-hydrogen) atoms. The number of nitrogens with one attached hydrogen (secondary N) is 1. The average molecular weight is 374 g/mol. The molecular formula is C16H22BrClN2O. The van der Waals surface area contributed by atoms with Gasteiger partial charge < -0.3 is 10.2 Å². The smallest absolute Gasteiger partial charge is 0.230 e. The molecule has 3 rings (SSSR count). The van der Waals surface area contributed by atoms with Crippen LogP contribution in [0.3, 0.4) is 0 Å². The van der Waals surface area contributed by atoms with Gasteiger partial charge in [0, 0.05) is 24.1 Å². The summed E-state index contributed by atoms with van der Waals surface area (Å²) in [6.07, 6.45) is 4.35. The molecule has 0 saturated carbocycles. The van der Waals surface area contributed by atoms with Gasteiger partial charge in [-0.2, -0.15) is 0 Å². The number of piperidine rings is 2. The third kappa shape index (κ3) is 3.61. The highest BCUT2D eigenvalue weighted by Crippen LogP contribution is 2.37. The van der Waals surface area contributed by atoms with E-state index in [2.05, 4.69) is 38.3 Å². The number of hydrogen-bond donors (Lipinski definition) is 1. The van der Waals surface area contributed by atoms with Crippen LogP contribution in [-0.4, -0.2) is 30.4 Å². The number of amides is 1. The lowest BCUT2D eigenvalue weighted by Gasteiger charge is -2.44. The van der Waals surface area contributed by atoms with Gasteiger partial charge in [-0.15, -0.1) is 12.4 Å². The van der Waals surface area contributed by atoms with E-state index in [1.807, 2.05) is 12.1 Å². The van der Waals surface area contributed by atoms with Crippen molar-refractivity contribution in [1.82, 2.24) is 10.2 Å². The Kier molecular flexibility index (Phi) is 5.69. The second-order valence-electron chi connectivity index (χ2n) is 6.02. The zero-order valence-corrected chi connectivity index (χ0v) is 14.5. The number of nitrogens with zero attached hydrogens (tertiary/aromatic N) is 1. The summed E-state index contributed by atoms with van der Waals surface area (Å²) in [6.45, 7) is 3.55. The van der Waals surface area contributed by atoms with Crippen LogP contribution in [0, 0.1) is 5.41 Å². The highest BCUT2D eigenvalue weighted by molar-refractivity contribution is 9.10. The van der Waals surface area contributed by atoms with Gasteiger partial charge in [0.1, 0.15) is 0 Å². The summed E-state index contributed by atoms with van der Waals surface area (Å²) in [5, 5.41) is 3.41. The molecule has 3 nitrogen and oxygen atoms in total. The van der Waals surface area contributed by atoms with Gasteiger partial charge >= 0.3 is 0 Å². The third-order valence-corrected chi connectivity index (χ3v) is 5.05. The van der Waals surface area contributed by atoms with Crippen LogP contribution in [0.2, 0.25) is 0 Å². The van der Waals surface area contributed by atoms with E-state index in [1.165, 1.54) is 5.56 Å². The van der Waals surface area contributed by atoms with Crippen LogP contribution in [0.5, 0.6) is 0 Å². The summed E-state index contributed by atoms with van der Waals surface area (Å²) in [5.74, 6) is 0.357. The summed E-state index contributed by atoms with van der Waals surface area (Å²) in [5.41, 5.74) is 1.08. The first-order valence-corrected chi connectivity index (χ1v) is 8.23. The van der Waals surface area contributed by atoms with Crippen molar-refractivity contribution in [2.24, 2.45) is 5.41 Å². The molecule has 1 N–H and O–H groups in total. The highest BCUT2D eigenvalue weighted by Gasteiger charge is 2.44. The molecule has 5 heteroatoms. The maximum atomic E-state index is 12.9. The summed E-state index contributed by atoms with van der Waals surface area (Å²) >= 11 is 3.50. The largest absolute Gasteiger partial charge is 0.338 e.